The van der Waals surface area contributed by atoms with E-state index in [1.165, 1.54) is 32.1 Å². The van der Waals surface area contributed by atoms with Crippen molar-refractivity contribution >= 4 is 17.5 Å². The number of hydrogen-bond acceptors (Lipinski definition) is 4. The van der Waals surface area contributed by atoms with Crippen molar-refractivity contribution in [3.05, 3.63) is 71.5 Å². The Balaban J connectivity index is 2.23. The van der Waals surface area contributed by atoms with Gasteiger partial charge >= 0.3 is 11.9 Å². The van der Waals surface area contributed by atoms with Crippen LogP contribution in [0.5, 0.6) is 5.75 Å². The van der Waals surface area contributed by atoms with Gasteiger partial charge in [0.15, 0.2) is 11.6 Å². The Morgan fingerprint density at radius 2 is 1.54 bits per heavy atom. The highest BCUT2D eigenvalue weighted by Gasteiger charge is 2.21. The number of carbonyl (C=O) groups excluding carboxylic acids is 2. The molecule has 0 N–H and O–H groups in total. The molecule has 1 aliphatic carbocycles. The van der Waals surface area contributed by atoms with Gasteiger partial charge in [-0.05, 0) is 44.1 Å². The van der Waals surface area contributed by atoms with E-state index in [1.807, 2.05) is 0 Å². The standard InChI is InChI=1S/C20H18F2O4/c1-11(2)19(23)25-14-7-5-13(6-8-14)15-9-10-16(18(22)17(15)21)26-20(24)12(3)4/h5,7,9-10H,1,3,6,8H2,2,4H3. The van der Waals surface area contributed by atoms with Crippen LogP contribution in [0.1, 0.15) is 32.3 Å². The van der Waals surface area contributed by atoms with Crippen molar-refractivity contribution in [2.75, 3.05) is 0 Å². The molecule has 0 spiro atoms. The normalized spacial score (nSPS) is 13.4. The van der Waals surface area contributed by atoms with Crippen molar-refractivity contribution in [1.29, 1.82) is 0 Å². The number of esters is 2. The summed E-state index contributed by atoms with van der Waals surface area (Å²) in [6.45, 7) is 9.82. The van der Waals surface area contributed by atoms with Gasteiger partial charge in [0.25, 0.3) is 0 Å². The minimum Gasteiger partial charge on any atom is -0.428 e. The summed E-state index contributed by atoms with van der Waals surface area (Å²) in [5.74, 6) is -3.80. The van der Waals surface area contributed by atoms with E-state index in [1.54, 1.807) is 6.08 Å². The molecule has 1 aliphatic rings. The molecule has 1 aromatic rings. The predicted molar refractivity (Wildman–Crippen MR) is 93.0 cm³/mol. The molecule has 0 radical (unpaired) electrons. The maximum atomic E-state index is 14.4. The lowest BCUT2D eigenvalue weighted by molar-refractivity contribution is -0.135. The molecule has 0 unspecified atom stereocenters. The van der Waals surface area contributed by atoms with E-state index in [4.69, 9.17) is 9.47 Å². The summed E-state index contributed by atoms with van der Waals surface area (Å²) in [6.07, 6.45) is 3.81. The van der Waals surface area contributed by atoms with Crippen LogP contribution in [0.4, 0.5) is 8.78 Å². The Morgan fingerprint density at radius 3 is 2.08 bits per heavy atom. The van der Waals surface area contributed by atoms with Gasteiger partial charge in [0.1, 0.15) is 5.76 Å². The quantitative estimate of drug-likeness (QED) is 0.437. The molecule has 0 fully saturated rings. The number of halogens is 2. The molecule has 0 aromatic heterocycles. The fourth-order valence-corrected chi connectivity index (χ4v) is 2.18. The van der Waals surface area contributed by atoms with Crippen LogP contribution >= 0.6 is 0 Å². The average molecular weight is 360 g/mol. The van der Waals surface area contributed by atoms with Crippen molar-refractivity contribution < 1.29 is 27.8 Å². The first kappa shape index (κ1) is 19.3. The fourth-order valence-electron chi connectivity index (χ4n) is 2.18. The molecule has 0 amide bonds. The lowest BCUT2D eigenvalue weighted by Gasteiger charge is -2.16. The molecular weight excluding hydrogens is 342 g/mol. The Labute approximate surface area is 150 Å². The highest BCUT2D eigenvalue weighted by atomic mass is 19.2. The van der Waals surface area contributed by atoms with Gasteiger partial charge in [-0.1, -0.05) is 19.2 Å². The second kappa shape index (κ2) is 7.91. The number of rotatable bonds is 5. The summed E-state index contributed by atoms with van der Waals surface area (Å²) < 4.78 is 38.4. The maximum Gasteiger partial charge on any atom is 0.338 e. The summed E-state index contributed by atoms with van der Waals surface area (Å²) in [7, 11) is 0. The summed E-state index contributed by atoms with van der Waals surface area (Å²) >= 11 is 0. The molecule has 1 aromatic carbocycles. The van der Waals surface area contributed by atoms with E-state index >= 15 is 0 Å². The molecule has 6 heteroatoms. The first-order valence-corrected chi connectivity index (χ1v) is 7.84. The van der Waals surface area contributed by atoms with Gasteiger partial charge in [0.2, 0.25) is 5.82 Å². The molecule has 0 saturated carbocycles. The van der Waals surface area contributed by atoms with Gasteiger partial charge in [-0.2, -0.15) is 4.39 Å². The molecular formula is C20H18F2O4. The van der Waals surface area contributed by atoms with Crippen LogP contribution < -0.4 is 4.74 Å². The molecule has 26 heavy (non-hydrogen) atoms. The number of carbonyl (C=O) groups is 2. The molecule has 0 saturated heterocycles. The second-order valence-electron chi connectivity index (χ2n) is 5.90. The SMILES string of the molecule is C=C(C)C(=O)OC1=CC=C(c2ccc(OC(=O)C(=C)C)c(F)c2F)CC1. The smallest absolute Gasteiger partial charge is 0.338 e. The molecule has 2 rings (SSSR count). The molecule has 0 atom stereocenters. The average Bonchev–Trinajstić information content (AvgIpc) is 2.59. The zero-order valence-electron chi connectivity index (χ0n) is 14.5. The largest absolute Gasteiger partial charge is 0.428 e. The molecule has 0 bridgehead atoms. The van der Waals surface area contributed by atoms with Crippen LogP contribution in [0.15, 0.2) is 54.3 Å². The minimum atomic E-state index is -1.25. The van der Waals surface area contributed by atoms with Crippen LogP contribution in [0, 0.1) is 11.6 Å². The first-order valence-electron chi connectivity index (χ1n) is 7.84. The van der Waals surface area contributed by atoms with E-state index in [-0.39, 0.29) is 16.7 Å². The Kier molecular flexibility index (Phi) is 5.87. The fraction of sp³-hybridized carbons (Fsp3) is 0.200. The maximum absolute atomic E-state index is 14.4. The second-order valence-corrected chi connectivity index (χ2v) is 5.90. The lowest BCUT2D eigenvalue weighted by atomic mass is 9.96. The zero-order chi connectivity index (χ0) is 19.4. The van der Waals surface area contributed by atoms with Gasteiger partial charge in [0, 0.05) is 23.1 Å². The highest BCUT2D eigenvalue weighted by molar-refractivity contribution is 5.89. The molecule has 0 heterocycles. The number of hydrogen-bond donors (Lipinski definition) is 0. The first-order chi connectivity index (χ1) is 12.2. The predicted octanol–water partition coefficient (Wildman–Crippen LogP) is 4.63. The topological polar surface area (TPSA) is 52.6 Å². The van der Waals surface area contributed by atoms with Crippen LogP contribution in [0.3, 0.4) is 0 Å². The third-order valence-corrected chi connectivity index (χ3v) is 3.63. The van der Waals surface area contributed by atoms with Crippen molar-refractivity contribution in [2.45, 2.75) is 26.7 Å². The monoisotopic (exact) mass is 360 g/mol. The minimum absolute atomic E-state index is 0.0548. The van der Waals surface area contributed by atoms with Crippen LogP contribution in [-0.4, -0.2) is 11.9 Å². The van der Waals surface area contributed by atoms with E-state index < -0.39 is 29.3 Å². The molecule has 0 aliphatic heterocycles. The Bertz CT molecular complexity index is 863. The van der Waals surface area contributed by atoms with Gasteiger partial charge in [-0.15, -0.1) is 0 Å². The Morgan fingerprint density at radius 1 is 0.923 bits per heavy atom. The number of allylic oxidation sites excluding steroid dienone is 4. The Hall–Kier alpha value is -3.02. The van der Waals surface area contributed by atoms with Gasteiger partial charge in [-0.25, -0.2) is 14.0 Å². The third-order valence-electron chi connectivity index (χ3n) is 3.63. The summed E-state index contributed by atoms with van der Waals surface area (Å²) in [4.78, 5) is 23.0. The van der Waals surface area contributed by atoms with E-state index in [2.05, 4.69) is 13.2 Å². The van der Waals surface area contributed by atoms with Gasteiger partial charge in [0.05, 0.1) is 0 Å². The van der Waals surface area contributed by atoms with Crippen LogP contribution in [0.2, 0.25) is 0 Å². The third kappa shape index (κ3) is 4.33. The van der Waals surface area contributed by atoms with Gasteiger partial charge in [-0.3, -0.25) is 0 Å². The van der Waals surface area contributed by atoms with Crippen molar-refractivity contribution in [2.24, 2.45) is 0 Å². The van der Waals surface area contributed by atoms with Gasteiger partial charge < -0.3 is 9.47 Å². The highest BCUT2D eigenvalue weighted by Crippen LogP contribution is 2.33. The molecule has 4 nitrogen and oxygen atoms in total. The van der Waals surface area contributed by atoms with Crippen LogP contribution in [-0.2, 0) is 14.3 Å². The number of benzene rings is 1. The van der Waals surface area contributed by atoms with E-state index in [9.17, 15) is 18.4 Å². The number of ether oxygens (including phenoxy) is 2. The summed E-state index contributed by atoms with van der Waals surface area (Å²) in [6, 6.07) is 2.53. The zero-order valence-corrected chi connectivity index (χ0v) is 14.5. The van der Waals surface area contributed by atoms with E-state index in [0.717, 1.165) is 0 Å². The van der Waals surface area contributed by atoms with E-state index in [0.29, 0.717) is 24.2 Å². The summed E-state index contributed by atoms with van der Waals surface area (Å²) in [5.41, 5.74) is 0.938. The van der Waals surface area contributed by atoms with Crippen LogP contribution in [0.25, 0.3) is 5.57 Å². The summed E-state index contributed by atoms with van der Waals surface area (Å²) in [5, 5.41) is 0. The van der Waals surface area contributed by atoms with Crippen molar-refractivity contribution in [3.8, 4) is 5.75 Å². The van der Waals surface area contributed by atoms with Crippen molar-refractivity contribution in [1.82, 2.24) is 0 Å². The van der Waals surface area contributed by atoms with Crippen molar-refractivity contribution in [3.63, 3.8) is 0 Å². The lowest BCUT2D eigenvalue weighted by Crippen LogP contribution is -2.11. The molecule has 136 valence electrons.